The van der Waals surface area contributed by atoms with Crippen molar-refractivity contribution in [2.45, 2.75) is 31.8 Å². The van der Waals surface area contributed by atoms with Gasteiger partial charge in [0.2, 0.25) is 15.9 Å². The van der Waals surface area contributed by atoms with Crippen molar-refractivity contribution in [3.8, 4) is 0 Å². The number of ether oxygens (including phenoxy) is 1. The van der Waals surface area contributed by atoms with E-state index in [4.69, 9.17) is 4.74 Å². The fraction of sp³-hybridized carbons (Fsp3) is 0.900. The molecule has 7 heteroatoms. The molecule has 0 aromatic heterocycles. The number of sulfonamides is 1. The molecule has 1 aliphatic rings. The number of methoxy groups -OCH3 is 1. The van der Waals surface area contributed by atoms with Crippen LogP contribution < -0.4 is 5.32 Å². The number of carbonyl (C=O) groups excluding carboxylic acids is 1. The molecule has 0 aliphatic carbocycles. The molecule has 0 aromatic rings. The molecule has 0 unspecified atom stereocenters. The van der Waals surface area contributed by atoms with E-state index >= 15 is 0 Å². The first-order chi connectivity index (χ1) is 7.86. The van der Waals surface area contributed by atoms with Gasteiger partial charge < -0.3 is 10.1 Å². The average molecular weight is 264 g/mol. The highest BCUT2D eigenvalue weighted by Gasteiger charge is 2.36. The van der Waals surface area contributed by atoms with Gasteiger partial charge >= 0.3 is 0 Å². The predicted molar refractivity (Wildman–Crippen MR) is 64.1 cm³/mol. The van der Waals surface area contributed by atoms with E-state index in [1.807, 2.05) is 6.92 Å². The summed E-state index contributed by atoms with van der Waals surface area (Å²) < 4.78 is 29.1. The summed E-state index contributed by atoms with van der Waals surface area (Å²) in [6.07, 6.45) is 2.44. The van der Waals surface area contributed by atoms with Crippen LogP contribution in [0, 0.1) is 0 Å². The number of nitrogens with one attached hydrogen (secondary N) is 1. The average Bonchev–Trinajstić information content (AvgIpc) is 2.65. The van der Waals surface area contributed by atoms with Gasteiger partial charge in [-0.3, -0.25) is 4.79 Å². The van der Waals surface area contributed by atoms with E-state index in [0.717, 1.165) is 12.7 Å². The van der Waals surface area contributed by atoms with Crippen LogP contribution in [0.5, 0.6) is 0 Å². The monoisotopic (exact) mass is 264 g/mol. The Morgan fingerprint density at radius 1 is 1.59 bits per heavy atom. The maximum Gasteiger partial charge on any atom is 0.238 e. The first kappa shape index (κ1) is 14.4. The number of hydrogen-bond donors (Lipinski definition) is 1. The van der Waals surface area contributed by atoms with E-state index in [1.165, 1.54) is 4.31 Å². The van der Waals surface area contributed by atoms with Gasteiger partial charge in [0.1, 0.15) is 6.04 Å². The summed E-state index contributed by atoms with van der Waals surface area (Å²) in [5, 5.41) is 2.75. The third-order valence-electron chi connectivity index (χ3n) is 2.74. The summed E-state index contributed by atoms with van der Waals surface area (Å²) in [6.45, 7) is 2.66. The van der Waals surface area contributed by atoms with Gasteiger partial charge in [-0.05, 0) is 19.8 Å². The highest BCUT2D eigenvalue weighted by molar-refractivity contribution is 7.88. The molecule has 0 radical (unpaired) electrons. The van der Waals surface area contributed by atoms with Crippen molar-refractivity contribution < 1.29 is 17.9 Å². The van der Waals surface area contributed by atoms with Crippen molar-refractivity contribution in [2.75, 3.05) is 26.5 Å². The molecule has 0 saturated carbocycles. The topological polar surface area (TPSA) is 75.7 Å². The van der Waals surface area contributed by atoms with Crippen molar-refractivity contribution in [1.29, 1.82) is 0 Å². The quantitative estimate of drug-likeness (QED) is 0.730. The number of amides is 1. The number of carbonyl (C=O) groups is 1. The summed E-state index contributed by atoms with van der Waals surface area (Å²) in [6, 6.07) is -0.682. The van der Waals surface area contributed by atoms with E-state index in [1.54, 1.807) is 7.11 Å². The molecule has 0 bridgehead atoms. The van der Waals surface area contributed by atoms with Crippen LogP contribution in [0.25, 0.3) is 0 Å². The highest BCUT2D eigenvalue weighted by Crippen LogP contribution is 2.20. The van der Waals surface area contributed by atoms with Crippen LogP contribution >= 0.6 is 0 Å². The fourth-order valence-corrected chi connectivity index (χ4v) is 3.15. The second-order valence-electron chi connectivity index (χ2n) is 4.40. The van der Waals surface area contributed by atoms with Crippen molar-refractivity contribution in [3.05, 3.63) is 0 Å². The molecule has 1 aliphatic heterocycles. The minimum absolute atomic E-state index is 0.116. The Bertz CT molecular complexity index is 369. The maximum atomic E-state index is 11.9. The van der Waals surface area contributed by atoms with Crippen LogP contribution in [0.1, 0.15) is 19.8 Å². The zero-order valence-corrected chi connectivity index (χ0v) is 11.3. The molecule has 1 saturated heterocycles. The van der Waals surface area contributed by atoms with Crippen LogP contribution in [-0.4, -0.2) is 57.2 Å². The molecule has 2 atom stereocenters. The Balaban J connectivity index is 2.63. The standard InChI is InChI=1S/C10H20N2O4S/c1-8(7-16-2)11-10(13)9-5-4-6-12(9)17(3,14)15/h8-9H,4-7H2,1-3H3,(H,11,13)/t8-,9-/m0/s1. The maximum absolute atomic E-state index is 11.9. The smallest absolute Gasteiger partial charge is 0.238 e. The molecule has 0 spiro atoms. The Labute approximate surface area is 102 Å². The molecule has 17 heavy (non-hydrogen) atoms. The lowest BCUT2D eigenvalue weighted by Gasteiger charge is -2.23. The lowest BCUT2D eigenvalue weighted by atomic mass is 10.2. The molecule has 1 rings (SSSR count). The first-order valence-corrected chi connectivity index (χ1v) is 7.47. The van der Waals surface area contributed by atoms with Crippen molar-refractivity contribution in [3.63, 3.8) is 0 Å². The lowest BCUT2D eigenvalue weighted by Crippen LogP contribution is -2.48. The highest BCUT2D eigenvalue weighted by atomic mass is 32.2. The van der Waals surface area contributed by atoms with Gasteiger partial charge in [-0.15, -0.1) is 0 Å². The SMILES string of the molecule is COC[C@H](C)NC(=O)[C@@H]1CCCN1S(C)(=O)=O. The van der Waals surface area contributed by atoms with Gasteiger partial charge in [0, 0.05) is 19.7 Å². The van der Waals surface area contributed by atoms with E-state index in [0.29, 0.717) is 19.6 Å². The Morgan fingerprint density at radius 2 is 2.24 bits per heavy atom. The van der Waals surface area contributed by atoms with Gasteiger partial charge in [0.05, 0.1) is 12.9 Å². The third-order valence-corrected chi connectivity index (χ3v) is 4.03. The lowest BCUT2D eigenvalue weighted by molar-refractivity contribution is -0.125. The Morgan fingerprint density at radius 3 is 2.76 bits per heavy atom. The molecule has 100 valence electrons. The molecule has 0 aromatic carbocycles. The van der Waals surface area contributed by atoms with Crippen LogP contribution in [0.4, 0.5) is 0 Å². The third kappa shape index (κ3) is 3.93. The van der Waals surface area contributed by atoms with E-state index in [2.05, 4.69) is 5.32 Å². The summed E-state index contributed by atoms with van der Waals surface area (Å²) in [5.74, 6) is -0.238. The number of nitrogens with zero attached hydrogens (tertiary/aromatic N) is 1. The second-order valence-corrected chi connectivity index (χ2v) is 6.33. The van der Waals surface area contributed by atoms with Crippen LogP contribution in [0.15, 0.2) is 0 Å². The molecule has 1 fully saturated rings. The fourth-order valence-electron chi connectivity index (χ4n) is 2.03. The number of hydrogen-bond acceptors (Lipinski definition) is 4. The minimum Gasteiger partial charge on any atom is -0.383 e. The molecular formula is C10H20N2O4S. The predicted octanol–water partition coefficient (Wildman–Crippen LogP) is -0.438. The van der Waals surface area contributed by atoms with Gasteiger partial charge in [0.15, 0.2) is 0 Å². The molecule has 1 heterocycles. The zero-order chi connectivity index (χ0) is 13.1. The second kappa shape index (κ2) is 5.79. The summed E-state index contributed by atoms with van der Waals surface area (Å²) in [7, 11) is -1.75. The summed E-state index contributed by atoms with van der Waals surface area (Å²) in [5.41, 5.74) is 0. The van der Waals surface area contributed by atoms with Gasteiger partial charge in [-0.1, -0.05) is 0 Å². The zero-order valence-electron chi connectivity index (χ0n) is 10.5. The van der Waals surface area contributed by atoms with Crippen molar-refractivity contribution >= 4 is 15.9 Å². The molecular weight excluding hydrogens is 244 g/mol. The molecule has 1 N–H and O–H groups in total. The van der Waals surface area contributed by atoms with Crippen molar-refractivity contribution in [1.82, 2.24) is 9.62 Å². The van der Waals surface area contributed by atoms with E-state index in [9.17, 15) is 13.2 Å². The Kier molecular flexibility index (Phi) is 4.91. The minimum atomic E-state index is -3.30. The molecule has 1 amide bonds. The van der Waals surface area contributed by atoms with Gasteiger partial charge in [-0.2, -0.15) is 4.31 Å². The number of rotatable bonds is 5. The largest absolute Gasteiger partial charge is 0.383 e. The summed E-state index contributed by atoms with van der Waals surface area (Å²) in [4.78, 5) is 11.9. The van der Waals surface area contributed by atoms with Crippen molar-refractivity contribution in [2.24, 2.45) is 0 Å². The van der Waals surface area contributed by atoms with Crippen LogP contribution in [0.2, 0.25) is 0 Å². The Hall–Kier alpha value is -0.660. The van der Waals surface area contributed by atoms with E-state index < -0.39 is 16.1 Å². The first-order valence-electron chi connectivity index (χ1n) is 5.62. The van der Waals surface area contributed by atoms with Gasteiger partial charge in [0.25, 0.3) is 0 Å². The summed E-state index contributed by atoms with van der Waals surface area (Å²) >= 11 is 0. The normalized spacial score (nSPS) is 23.6. The van der Waals surface area contributed by atoms with Crippen LogP contribution in [-0.2, 0) is 19.6 Å². The molecule has 6 nitrogen and oxygen atoms in total. The van der Waals surface area contributed by atoms with E-state index in [-0.39, 0.29) is 11.9 Å². The van der Waals surface area contributed by atoms with Crippen LogP contribution in [0.3, 0.4) is 0 Å². The van der Waals surface area contributed by atoms with Gasteiger partial charge in [-0.25, -0.2) is 8.42 Å².